The largest absolute Gasteiger partial charge is 0.505 e. The van der Waals surface area contributed by atoms with Crippen LogP contribution in [-0.4, -0.2) is 51.2 Å². The van der Waals surface area contributed by atoms with Gasteiger partial charge >= 0.3 is 6.09 Å². The van der Waals surface area contributed by atoms with Crippen LogP contribution in [0.5, 0.6) is 5.75 Å². The molecule has 2 aliphatic heterocycles. The van der Waals surface area contributed by atoms with Crippen LogP contribution in [0.25, 0.3) is 32.1 Å². The Morgan fingerprint density at radius 2 is 1.96 bits per heavy atom. The van der Waals surface area contributed by atoms with Gasteiger partial charge in [0.15, 0.2) is 5.78 Å². The quantitative estimate of drug-likeness (QED) is 0.166. The number of phenolic OH excluding ortho intramolecular Hbond substituents is 1. The third-order valence-corrected chi connectivity index (χ3v) is 10.5. The standard InChI is InChI=1S/C36H41FN6O5S/c1-8-9-25(19(4)44)39-32-28-23-16-47-15-22(23)26(30(45)29(28)40-34(41-32)43-13-12-17(2)18(43)3)20-10-11-24(37)31-27(20)21(14-38)33(49-31)42-35(46)48-36(5,6)7/h10-11,17-18,25,45H,8-9,12-13,15-16H2,1-7H3,(H,42,46)(H,39,40,41). The van der Waals surface area contributed by atoms with E-state index in [1.807, 2.05) is 6.92 Å². The minimum Gasteiger partial charge on any atom is -0.505 e. The number of nitrogens with zero attached hydrogens (tertiary/aromatic N) is 4. The van der Waals surface area contributed by atoms with E-state index in [0.29, 0.717) is 46.2 Å². The molecule has 49 heavy (non-hydrogen) atoms. The van der Waals surface area contributed by atoms with Crippen molar-refractivity contribution in [2.45, 2.75) is 98.6 Å². The molecule has 258 valence electrons. The number of amides is 1. The molecule has 4 aromatic rings. The lowest BCUT2D eigenvalue weighted by molar-refractivity contribution is -0.117. The Hall–Kier alpha value is -4.54. The minimum atomic E-state index is -0.790. The minimum absolute atomic E-state index is 0.0296. The number of carbonyl (C=O) groups excluding carboxylic acids is 2. The van der Waals surface area contributed by atoms with E-state index >= 15 is 4.39 Å². The van der Waals surface area contributed by atoms with E-state index in [2.05, 4.69) is 35.5 Å². The third kappa shape index (κ3) is 6.24. The molecule has 0 aliphatic carbocycles. The van der Waals surface area contributed by atoms with Crippen molar-refractivity contribution >= 4 is 61.0 Å². The van der Waals surface area contributed by atoms with Crippen molar-refractivity contribution in [3.8, 4) is 22.9 Å². The van der Waals surface area contributed by atoms with Gasteiger partial charge in [-0.2, -0.15) is 10.2 Å². The van der Waals surface area contributed by atoms with Crippen LogP contribution in [-0.2, 0) is 27.5 Å². The number of thiophene rings is 1. The average Bonchev–Trinajstić information content (AvgIpc) is 3.74. The number of Topliss-reactive ketones (excluding diaryl/α,β-unsaturated/α-hetero) is 1. The van der Waals surface area contributed by atoms with Gasteiger partial charge in [-0.05, 0) is 76.1 Å². The molecule has 1 amide bonds. The van der Waals surface area contributed by atoms with E-state index in [9.17, 15) is 20.0 Å². The average molecular weight is 689 g/mol. The number of rotatable bonds is 8. The zero-order chi connectivity index (χ0) is 35.4. The topological polar surface area (TPSA) is 150 Å². The third-order valence-electron chi connectivity index (χ3n) is 9.38. The Bertz CT molecular complexity index is 2030. The second-order valence-electron chi connectivity index (χ2n) is 13.9. The summed E-state index contributed by atoms with van der Waals surface area (Å²) in [5.41, 5.74) is 1.65. The van der Waals surface area contributed by atoms with E-state index in [1.165, 1.54) is 12.1 Å². The number of anilines is 3. The molecule has 2 aromatic heterocycles. The summed E-state index contributed by atoms with van der Waals surface area (Å²) >= 11 is 0.921. The van der Waals surface area contributed by atoms with Crippen molar-refractivity contribution in [3.63, 3.8) is 0 Å². The van der Waals surface area contributed by atoms with Gasteiger partial charge < -0.3 is 24.8 Å². The van der Waals surface area contributed by atoms with Gasteiger partial charge in [0.2, 0.25) is 5.95 Å². The molecule has 1 fully saturated rings. The Kier molecular flexibility index (Phi) is 9.15. The number of benzene rings is 2. The Balaban J connectivity index is 1.62. The molecular formula is C36H41FN6O5S. The van der Waals surface area contributed by atoms with E-state index in [4.69, 9.17) is 19.4 Å². The molecule has 3 N–H and O–H groups in total. The number of ether oxygens (including phenoxy) is 2. The first kappa shape index (κ1) is 34.3. The van der Waals surface area contributed by atoms with Crippen molar-refractivity contribution in [2.24, 2.45) is 5.92 Å². The van der Waals surface area contributed by atoms with Crippen LogP contribution in [0.15, 0.2) is 12.1 Å². The fourth-order valence-electron chi connectivity index (χ4n) is 6.74. The van der Waals surface area contributed by atoms with Gasteiger partial charge in [-0.15, -0.1) is 11.3 Å². The number of nitriles is 1. The predicted octanol–water partition coefficient (Wildman–Crippen LogP) is 8.01. The highest BCUT2D eigenvalue weighted by molar-refractivity contribution is 7.23. The molecule has 0 saturated carbocycles. The van der Waals surface area contributed by atoms with Crippen molar-refractivity contribution < 1.29 is 28.6 Å². The first-order valence-electron chi connectivity index (χ1n) is 16.6. The van der Waals surface area contributed by atoms with Gasteiger partial charge in [0.25, 0.3) is 0 Å². The van der Waals surface area contributed by atoms with Crippen molar-refractivity contribution in [3.05, 3.63) is 34.6 Å². The lowest BCUT2D eigenvalue weighted by Crippen LogP contribution is -2.32. The predicted molar refractivity (Wildman–Crippen MR) is 189 cm³/mol. The number of phenols is 1. The number of aromatic hydroxyl groups is 1. The van der Waals surface area contributed by atoms with Gasteiger partial charge in [-0.25, -0.2) is 14.2 Å². The zero-order valence-corrected chi connectivity index (χ0v) is 29.6. The number of halogens is 1. The van der Waals surface area contributed by atoms with E-state index in [-0.39, 0.29) is 57.0 Å². The van der Waals surface area contributed by atoms with E-state index in [1.54, 1.807) is 27.7 Å². The molecule has 6 rings (SSSR count). The lowest BCUT2D eigenvalue weighted by atomic mass is 9.90. The highest BCUT2D eigenvalue weighted by atomic mass is 32.1. The maximum Gasteiger partial charge on any atom is 0.412 e. The van der Waals surface area contributed by atoms with Crippen LogP contribution in [0, 0.1) is 23.1 Å². The number of nitrogens with one attached hydrogen (secondary N) is 2. The van der Waals surface area contributed by atoms with Gasteiger partial charge in [-0.3, -0.25) is 10.1 Å². The molecule has 1 saturated heterocycles. The summed E-state index contributed by atoms with van der Waals surface area (Å²) in [5, 5.41) is 29.6. The van der Waals surface area contributed by atoms with Crippen LogP contribution < -0.4 is 15.5 Å². The van der Waals surface area contributed by atoms with Gasteiger partial charge in [0.05, 0.1) is 34.9 Å². The molecule has 2 aromatic carbocycles. The summed E-state index contributed by atoms with van der Waals surface area (Å²) in [6.45, 7) is 14.1. The molecule has 0 spiro atoms. The first-order chi connectivity index (χ1) is 23.2. The highest BCUT2D eigenvalue weighted by Crippen LogP contribution is 2.51. The maximum absolute atomic E-state index is 15.5. The second kappa shape index (κ2) is 13.1. The zero-order valence-electron chi connectivity index (χ0n) is 28.8. The van der Waals surface area contributed by atoms with Gasteiger partial charge in [0, 0.05) is 23.5 Å². The fourth-order valence-corrected chi connectivity index (χ4v) is 7.81. The summed E-state index contributed by atoms with van der Waals surface area (Å²) in [6, 6.07) is 4.60. The fraction of sp³-hybridized carbons (Fsp3) is 0.472. The normalized spacial score (nSPS) is 18.1. The lowest BCUT2D eigenvalue weighted by Gasteiger charge is -2.26. The van der Waals surface area contributed by atoms with Crippen molar-refractivity contribution in [1.29, 1.82) is 5.26 Å². The van der Waals surface area contributed by atoms with Crippen molar-refractivity contribution in [2.75, 3.05) is 22.1 Å². The molecule has 13 heteroatoms. The summed E-state index contributed by atoms with van der Waals surface area (Å²) < 4.78 is 27.0. The number of aromatic nitrogens is 2. The summed E-state index contributed by atoms with van der Waals surface area (Å²) in [6.07, 6.45) is 1.55. The monoisotopic (exact) mass is 688 g/mol. The number of ketones is 1. The number of hydrogen-bond acceptors (Lipinski definition) is 11. The first-order valence-corrected chi connectivity index (χ1v) is 17.4. The maximum atomic E-state index is 15.5. The highest BCUT2D eigenvalue weighted by Gasteiger charge is 2.34. The Morgan fingerprint density at radius 1 is 1.22 bits per heavy atom. The number of fused-ring (bicyclic) bond motifs is 4. The number of hydrogen-bond donors (Lipinski definition) is 3. The smallest absolute Gasteiger partial charge is 0.412 e. The number of carbonyl (C=O) groups is 2. The van der Waals surface area contributed by atoms with Crippen LogP contribution in [0.3, 0.4) is 0 Å². The van der Waals surface area contributed by atoms with Gasteiger partial charge in [-0.1, -0.05) is 26.3 Å². The van der Waals surface area contributed by atoms with Crippen LogP contribution >= 0.6 is 11.3 Å². The summed E-state index contributed by atoms with van der Waals surface area (Å²) in [5.74, 6) is 0.475. The van der Waals surface area contributed by atoms with Crippen LogP contribution in [0.2, 0.25) is 0 Å². The van der Waals surface area contributed by atoms with Gasteiger partial charge in [0.1, 0.15) is 39.6 Å². The molecule has 2 aliphatic rings. The Labute approximate surface area is 288 Å². The SMILES string of the molecule is CCCC(Nc1nc(N2CCC(C)C2C)nc2c(O)c(-c3ccc(F)c4sc(NC(=O)OC(C)(C)C)c(C#N)c34)c3c(c12)COC3)C(C)=O. The second-order valence-corrected chi connectivity index (χ2v) is 14.9. The summed E-state index contributed by atoms with van der Waals surface area (Å²) in [4.78, 5) is 37.5. The summed E-state index contributed by atoms with van der Waals surface area (Å²) in [7, 11) is 0. The van der Waals surface area contributed by atoms with Crippen LogP contribution in [0.1, 0.15) is 84.4 Å². The molecule has 3 atom stereocenters. The molecule has 0 radical (unpaired) electrons. The molecule has 4 heterocycles. The van der Waals surface area contributed by atoms with Crippen molar-refractivity contribution in [1.82, 2.24) is 9.97 Å². The van der Waals surface area contributed by atoms with Crippen LogP contribution in [0.4, 0.5) is 26.0 Å². The van der Waals surface area contributed by atoms with E-state index < -0.39 is 23.6 Å². The molecule has 0 bridgehead atoms. The Morgan fingerprint density at radius 3 is 2.59 bits per heavy atom. The molecular weight excluding hydrogens is 647 g/mol. The molecule has 11 nitrogen and oxygen atoms in total. The molecule has 3 unspecified atom stereocenters. The van der Waals surface area contributed by atoms with E-state index in [0.717, 1.165) is 36.3 Å².